The molecular formula is C48H49N11O4. The van der Waals surface area contributed by atoms with Gasteiger partial charge in [-0.05, 0) is 106 Å². The van der Waals surface area contributed by atoms with Crippen molar-refractivity contribution < 1.29 is 19.8 Å². The highest BCUT2D eigenvalue weighted by Gasteiger charge is 2.31. The van der Waals surface area contributed by atoms with Crippen molar-refractivity contribution in [3.05, 3.63) is 114 Å². The summed E-state index contributed by atoms with van der Waals surface area (Å²) in [4.78, 5) is 52.0. The quantitative estimate of drug-likeness (QED) is 0.0950. The summed E-state index contributed by atoms with van der Waals surface area (Å²) in [5.74, 6) is 1.26. The van der Waals surface area contributed by atoms with E-state index in [-0.39, 0.29) is 23.3 Å². The molecule has 3 aliphatic rings. The average Bonchev–Trinajstić information content (AvgIpc) is 4.14. The van der Waals surface area contributed by atoms with E-state index >= 15 is 0 Å². The molecule has 0 atom stereocenters. The fourth-order valence-corrected chi connectivity index (χ4v) is 9.06. The molecule has 0 bridgehead atoms. The molecule has 320 valence electrons. The fraction of sp³-hybridized carbons (Fsp3) is 0.250. The Kier molecular flexibility index (Phi) is 10.2. The van der Waals surface area contributed by atoms with Crippen LogP contribution in [0, 0.1) is 0 Å². The number of para-hydroxylation sites is 3. The predicted octanol–water partition coefficient (Wildman–Crippen LogP) is 5.76. The van der Waals surface area contributed by atoms with E-state index < -0.39 is 0 Å². The smallest absolute Gasteiger partial charge is 0.255 e. The number of H-pyrrole nitrogens is 3. The van der Waals surface area contributed by atoms with Gasteiger partial charge in [-0.15, -0.1) is 0 Å². The SMILES string of the molecule is CN(C)CCCn1cc(C2=C(c3nc4ccccc4[nH]3)C(=O)NC2)c2cc(O)ccc21.CN1CCN(c2cccc3[nH]c(C4=C(c5c[nH]c6ccc(O)cc56)CNC4=O)nc23)CC1. The van der Waals surface area contributed by atoms with E-state index in [0.717, 1.165) is 118 Å². The van der Waals surface area contributed by atoms with Gasteiger partial charge in [0.05, 0.1) is 33.4 Å². The first-order chi connectivity index (χ1) is 30.6. The molecule has 0 saturated carbocycles. The Hall–Kier alpha value is -7.36. The molecule has 2 amide bonds. The topological polar surface area (TPSA) is 186 Å². The van der Waals surface area contributed by atoms with Crippen LogP contribution in [0.2, 0.25) is 0 Å². The summed E-state index contributed by atoms with van der Waals surface area (Å²) in [6.07, 6.45) is 4.99. The van der Waals surface area contributed by atoms with Crippen LogP contribution >= 0.6 is 0 Å². The van der Waals surface area contributed by atoms with Crippen molar-refractivity contribution in [1.29, 1.82) is 0 Å². The van der Waals surface area contributed by atoms with Gasteiger partial charge >= 0.3 is 0 Å². The number of nitrogens with one attached hydrogen (secondary N) is 5. The molecule has 0 unspecified atom stereocenters. The van der Waals surface area contributed by atoms with Crippen molar-refractivity contribution in [3.8, 4) is 11.5 Å². The summed E-state index contributed by atoms with van der Waals surface area (Å²) in [6, 6.07) is 24.5. The summed E-state index contributed by atoms with van der Waals surface area (Å²) in [7, 11) is 6.27. The molecule has 0 spiro atoms. The zero-order valence-electron chi connectivity index (χ0n) is 35.4. The van der Waals surface area contributed by atoms with Gasteiger partial charge in [0.2, 0.25) is 0 Å². The number of likely N-dealkylation sites (N-methyl/N-ethyl adjacent to an activating group) is 1. The lowest BCUT2D eigenvalue weighted by molar-refractivity contribution is -0.115. The standard InChI is InChI=1S/C24H24N6O2.C24H25N5O2/c1-29-7-9-30(10-8-29)20-4-2-3-19-22(20)28-23(27-19)21-17(13-26-24(21)32)16-12-25-18-6-5-14(31)11-15(16)18;1-28(2)10-5-11-29-14-18(16-12-15(30)8-9-21(16)29)17-13-25-24(31)22(17)23-26-19-6-3-4-7-20(19)27-23/h2-6,11-12,25,31H,7-10,13H2,1H3,(H,26,32)(H,27,28);3-4,6-9,12,14,30H,5,10-11,13H2,1-2H3,(H,25,31)(H,26,27). The Morgan fingerprint density at radius 1 is 0.714 bits per heavy atom. The molecule has 4 aromatic heterocycles. The van der Waals surface area contributed by atoms with Crippen LogP contribution in [0.15, 0.2) is 91.3 Å². The highest BCUT2D eigenvalue weighted by molar-refractivity contribution is 6.31. The molecule has 0 aliphatic carbocycles. The fourth-order valence-electron chi connectivity index (χ4n) is 9.06. The van der Waals surface area contributed by atoms with E-state index in [1.54, 1.807) is 24.3 Å². The van der Waals surface area contributed by atoms with E-state index in [1.807, 2.05) is 54.7 Å². The number of nitrogens with zero attached hydrogens (tertiary/aromatic N) is 6. The number of amides is 2. The van der Waals surface area contributed by atoms with Crippen LogP contribution in [0.5, 0.6) is 11.5 Å². The zero-order chi connectivity index (χ0) is 43.4. The number of hydrogen-bond acceptors (Lipinski definition) is 9. The Bertz CT molecular complexity index is 3110. The number of imidazole rings is 2. The number of carbonyl (C=O) groups excluding carboxylic acids is 2. The highest BCUT2D eigenvalue weighted by atomic mass is 16.3. The van der Waals surface area contributed by atoms with Crippen molar-refractivity contribution in [2.75, 3.05) is 71.9 Å². The maximum absolute atomic E-state index is 12.9. The molecule has 15 nitrogen and oxygen atoms in total. The summed E-state index contributed by atoms with van der Waals surface area (Å²) >= 11 is 0. The number of phenolic OH excluding ortho intramolecular Hbond substituents is 2. The number of benzene rings is 4. The third-order valence-corrected chi connectivity index (χ3v) is 12.3. The highest BCUT2D eigenvalue weighted by Crippen LogP contribution is 2.38. The lowest BCUT2D eigenvalue weighted by Crippen LogP contribution is -2.44. The number of aromatic hydroxyl groups is 2. The van der Waals surface area contributed by atoms with Crippen LogP contribution in [-0.4, -0.2) is 128 Å². The minimum absolute atomic E-state index is 0.136. The average molecular weight is 844 g/mol. The van der Waals surface area contributed by atoms with E-state index in [1.165, 1.54) is 0 Å². The molecule has 11 rings (SSSR count). The molecule has 1 fully saturated rings. The van der Waals surface area contributed by atoms with Crippen LogP contribution in [0.3, 0.4) is 0 Å². The van der Waals surface area contributed by atoms with Crippen molar-refractivity contribution in [3.63, 3.8) is 0 Å². The molecule has 63 heavy (non-hydrogen) atoms. The number of phenols is 2. The monoisotopic (exact) mass is 843 g/mol. The van der Waals surface area contributed by atoms with Crippen LogP contribution in [0.1, 0.15) is 29.2 Å². The Balaban J connectivity index is 0.000000150. The van der Waals surface area contributed by atoms with Gasteiger partial charge in [-0.25, -0.2) is 9.97 Å². The number of rotatable bonds is 9. The molecule has 15 heteroatoms. The van der Waals surface area contributed by atoms with Gasteiger partial charge in [-0.3, -0.25) is 9.59 Å². The molecule has 0 radical (unpaired) electrons. The summed E-state index contributed by atoms with van der Waals surface area (Å²) < 4.78 is 2.21. The first-order valence-corrected chi connectivity index (χ1v) is 21.3. The second kappa shape index (κ2) is 16.2. The number of anilines is 1. The second-order valence-corrected chi connectivity index (χ2v) is 16.8. The van der Waals surface area contributed by atoms with Gasteiger partial charge in [0, 0.05) is 91.1 Å². The van der Waals surface area contributed by atoms with Crippen LogP contribution in [-0.2, 0) is 16.1 Å². The van der Waals surface area contributed by atoms with Crippen LogP contribution in [0.4, 0.5) is 5.69 Å². The largest absolute Gasteiger partial charge is 0.508 e. The normalized spacial score (nSPS) is 16.0. The van der Waals surface area contributed by atoms with Crippen molar-refractivity contribution in [2.45, 2.75) is 13.0 Å². The van der Waals surface area contributed by atoms with E-state index in [9.17, 15) is 19.8 Å². The number of hydrogen-bond donors (Lipinski definition) is 7. The lowest BCUT2D eigenvalue weighted by Gasteiger charge is -2.34. The van der Waals surface area contributed by atoms with Crippen molar-refractivity contribution in [2.24, 2.45) is 0 Å². The number of aromatic nitrogens is 6. The zero-order valence-corrected chi connectivity index (χ0v) is 35.4. The van der Waals surface area contributed by atoms with E-state index in [2.05, 4.69) is 83.2 Å². The molecule has 7 heterocycles. The van der Waals surface area contributed by atoms with Crippen LogP contribution in [0.25, 0.3) is 66.2 Å². The van der Waals surface area contributed by atoms with Gasteiger partial charge in [-0.2, -0.15) is 0 Å². The lowest BCUT2D eigenvalue weighted by atomic mass is 10.0. The molecule has 7 N–H and O–H groups in total. The minimum Gasteiger partial charge on any atom is -0.508 e. The van der Waals surface area contributed by atoms with E-state index in [0.29, 0.717) is 35.9 Å². The number of piperazine rings is 1. The minimum atomic E-state index is -0.144. The van der Waals surface area contributed by atoms with Gasteiger partial charge < -0.3 is 55.1 Å². The Morgan fingerprint density at radius 2 is 1.38 bits per heavy atom. The van der Waals surface area contributed by atoms with E-state index in [4.69, 9.17) is 4.98 Å². The second-order valence-electron chi connectivity index (χ2n) is 16.8. The van der Waals surface area contributed by atoms with Crippen LogP contribution < -0.4 is 15.5 Å². The molecule has 8 aromatic rings. The van der Waals surface area contributed by atoms with Gasteiger partial charge in [0.1, 0.15) is 28.7 Å². The third kappa shape index (κ3) is 7.44. The Labute approximate surface area is 362 Å². The summed E-state index contributed by atoms with van der Waals surface area (Å²) in [5.41, 5.74) is 11.3. The molecule has 3 aliphatic heterocycles. The first kappa shape index (κ1) is 39.8. The van der Waals surface area contributed by atoms with Gasteiger partial charge in [-0.1, -0.05) is 18.2 Å². The molecular weight excluding hydrogens is 795 g/mol. The molecule has 4 aromatic carbocycles. The maximum Gasteiger partial charge on any atom is 0.255 e. The predicted molar refractivity (Wildman–Crippen MR) is 248 cm³/mol. The number of fused-ring (bicyclic) bond motifs is 4. The maximum atomic E-state index is 12.9. The number of aryl methyl sites for hydroxylation is 1. The van der Waals surface area contributed by atoms with Crippen molar-refractivity contribution >= 4 is 83.7 Å². The number of carbonyl (C=O) groups is 2. The van der Waals surface area contributed by atoms with Gasteiger partial charge in [0.15, 0.2) is 0 Å². The first-order valence-electron chi connectivity index (χ1n) is 21.3. The Morgan fingerprint density at radius 3 is 2.13 bits per heavy atom. The summed E-state index contributed by atoms with van der Waals surface area (Å²) in [6.45, 7) is 6.61. The summed E-state index contributed by atoms with van der Waals surface area (Å²) in [5, 5.41) is 27.8. The molecule has 1 saturated heterocycles. The van der Waals surface area contributed by atoms with Crippen molar-refractivity contribution in [1.82, 2.24) is 49.9 Å². The number of aromatic amines is 3. The van der Waals surface area contributed by atoms with Gasteiger partial charge in [0.25, 0.3) is 11.8 Å². The third-order valence-electron chi connectivity index (χ3n) is 12.3.